The van der Waals surface area contributed by atoms with Gasteiger partial charge in [0, 0.05) is 25.2 Å². The van der Waals surface area contributed by atoms with Crippen molar-refractivity contribution in [2.45, 2.75) is 30.5 Å². The van der Waals surface area contributed by atoms with Gasteiger partial charge in [0.1, 0.15) is 0 Å². The molecule has 0 heterocycles. The summed E-state index contributed by atoms with van der Waals surface area (Å²) >= 11 is 6.41. The van der Waals surface area contributed by atoms with Gasteiger partial charge >= 0.3 is 6.18 Å². The molecule has 0 saturated heterocycles. The number of nitrogens with zero attached hydrogens (tertiary/aromatic N) is 1. The average Bonchev–Trinajstić information content (AvgIpc) is 3.40. The fourth-order valence-corrected chi connectivity index (χ4v) is 7.43. The molecule has 0 aliphatic heterocycles. The van der Waals surface area contributed by atoms with Crippen LogP contribution in [-0.4, -0.2) is 15.0 Å². The Kier molecular flexibility index (Phi) is 8.14. The molecule has 0 radical (unpaired) electrons. The van der Waals surface area contributed by atoms with Crippen LogP contribution in [0.25, 0.3) is 11.1 Å². The SMILES string of the molecule is O=S(=O)(c1ccccc1)N(CCc1ccc2c(c1NCc1ccccc1)Cc1ccccc1-2)c1cc(C(F)(F)F)ccc1Cl. The first-order valence-electron chi connectivity index (χ1n) is 14.1. The Balaban J connectivity index is 1.41. The van der Waals surface area contributed by atoms with Crippen molar-refractivity contribution in [3.05, 3.63) is 148 Å². The monoisotopic (exact) mass is 632 g/mol. The third-order valence-corrected chi connectivity index (χ3v) is 9.99. The number of fused-ring (bicyclic) bond motifs is 3. The zero-order valence-electron chi connectivity index (χ0n) is 23.5. The minimum Gasteiger partial charge on any atom is -0.380 e. The second-order valence-corrected chi connectivity index (χ2v) is 12.9. The average molecular weight is 633 g/mol. The molecule has 0 unspecified atom stereocenters. The third-order valence-electron chi connectivity index (χ3n) is 7.84. The van der Waals surface area contributed by atoms with Crippen LogP contribution in [-0.2, 0) is 35.6 Å². The van der Waals surface area contributed by atoms with Gasteiger partial charge in [0.05, 0.1) is 21.2 Å². The Morgan fingerprint density at radius 2 is 1.48 bits per heavy atom. The van der Waals surface area contributed by atoms with Gasteiger partial charge in [0.15, 0.2) is 0 Å². The molecule has 0 fully saturated rings. The molecule has 0 saturated carbocycles. The molecule has 0 spiro atoms. The first-order valence-corrected chi connectivity index (χ1v) is 15.9. The van der Waals surface area contributed by atoms with Crippen molar-refractivity contribution in [3.8, 4) is 11.1 Å². The summed E-state index contributed by atoms with van der Waals surface area (Å²) in [6.45, 7) is 0.413. The number of nitrogens with one attached hydrogen (secondary N) is 1. The molecule has 1 N–H and O–H groups in total. The maximum Gasteiger partial charge on any atom is 0.416 e. The van der Waals surface area contributed by atoms with E-state index in [4.69, 9.17) is 11.6 Å². The largest absolute Gasteiger partial charge is 0.416 e. The van der Waals surface area contributed by atoms with Gasteiger partial charge in [0.25, 0.3) is 10.0 Å². The van der Waals surface area contributed by atoms with Gasteiger partial charge in [-0.3, -0.25) is 4.31 Å². The van der Waals surface area contributed by atoms with Crippen LogP contribution in [0.3, 0.4) is 0 Å². The van der Waals surface area contributed by atoms with Crippen molar-refractivity contribution in [2.75, 3.05) is 16.2 Å². The normalized spacial score (nSPS) is 12.5. The van der Waals surface area contributed by atoms with Crippen LogP contribution in [0.15, 0.2) is 120 Å². The highest BCUT2D eigenvalue weighted by Crippen LogP contribution is 2.43. The lowest BCUT2D eigenvalue weighted by Gasteiger charge is -2.27. The number of hydrogen-bond acceptors (Lipinski definition) is 3. The molecule has 1 aliphatic rings. The maximum atomic E-state index is 14.0. The van der Waals surface area contributed by atoms with E-state index in [2.05, 4.69) is 17.4 Å². The van der Waals surface area contributed by atoms with Gasteiger partial charge in [-0.15, -0.1) is 0 Å². The van der Waals surface area contributed by atoms with E-state index in [0.717, 1.165) is 56.0 Å². The lowest BCUT2D eigenvalue weighted by atomic mass is 9.98. The Hall–Kier alpha value is -4.27. The predicted octanol–water partition coefficient (Wildman–Crippen LogP) is 8.98. The smallest absolute Gasteiger partial charge is 0.380 e. The van der Waals surface area contributed by atoms with Gasteiger partial charge in [-0.1, -0.05) is 96.5 Å². The molecule has 1 aliphatic carbocycles. The molecule has 44 heavy (non-hydrogen) atoms. The van der Waals surface area contributed by atoms with E-state index in [9.17, 15) is 21.6 Å². The van der Waals surface area contributed by atoms with Crippen molar-refractivity contribution in [3.63, 3.8) is 0 Å². The first kappa shape index (κ1) is 29.8. The Morgan fingerprint density at radius 1 is 0.795 bits per heavy atom. The molecule has 5 aromatic carbocycles. The van der Waals surface area contributed by atoms with Crippen molar-refractivity contribution in [1.29, 1.82) is 0 Å². The van der Waals surface area contributed by atoms with Crippen LogP contribution in [0, 0.1) is 0 Å². The quantitative estimate of drug-likeness (QED) is 0.173. The van der Waals surface area contributed by atoms with Crippen molar-refractivity contribution in [2.24, 2.45) is 0 Å². The number of halogens is 4. The summed E-state index contributed by atoms with van der Waals surface area (Å²) in [7, 11) is -4.27. The van der Waals surface area contributed by atoms with Crippen molar-refractivity contribution >= 4 is 33.0 Å². The first-order chi connectivity index (χ1) is 21.1. The summed E-state index contributed by atoms with van der Waals surface area (Å²) in [5, 5.41) is 3.50. The third kappa shape index (κ3) is 5.92. The molecular formula is C35H28ClF3N2O2S. The standard InChI is InChI=1S/C35H28ClF3N2O2S/c36-32-18-16-27(35(37,38)39)22-33(32)41(44(42,43)28-12-5-2-6-13-28)20-19-25-15-17-30-29-14-8-7-11-26(29)21-31(30)34(25)40-23-24-9-3-1-4-10-24/h1-18,22,40H,19-21,23H2. The number of hydrogen-bond donors (Lipinski definition) is 1. The van der Waals surface area contributed by atoms with E-state index in [1.807, 2.05) is 54.6 Å². The summed E-state index contributed by atoms with van der Waals surface area (Å²) in [6, 6.07) is 32.5. The summed E-state index contributed by atoms with van der Waals surface area (Å²) in [4.78, 5) is -0.0414. The zero-order valence-corrected chi connectivity index (χ0v) is 25.1. The van der Waals surface area contributed by atoms with E-state index < -0.39 is 21.8 Å². The predicted molar refractivity (Wildman–Crippen MR) is 170 cm³/mol. The second-order valence-electron chi connectivity index (χ2n) is 10.6. The Bertz CT molecular complexity index is 1910. The van der Waals surface area contributed by atoms with Crippen LogP contribution in [0.4, 0.5) is 24.5 Å². The van der Waals surface area contributed by atoms with Crippen LogP contribution in [0.2, 0.25) is 5.02 Å². The molecule has 224 valence electrons. The van der Waals surface area contributed by atoms with E-state index in [0.29, 0.717) is 13.0 Å². The topological polar surface area (TPSA) is 49.4 Å². The zero-order chi connectivity index (χ0) is 30.9. The maximum absolute atomic E-state index is 14.0. The molecule has 0 atom stereocenters. The van der Waals surface area contributed by atoms with E-state index in [1.54, 1.807) is 18.2 Å². The van der Waals surface area contributed by atoms with Gasteiger partial charge in [0.2, 0.25) is 0 Å². The van der Waals surface area contributed by atoms with Gasteiger partial charge < -0.3 is 5.32 Å². The van der Waals surface area contributed by atoms with Crippen molar-refractivity contribution < 1.29 is 21.6 Å². The van der Waals surface area contributed by atoms with Crippen LogP contribution in [0.1, 0.15) is 27.8 Å². The molecule has 5 aromatic rings. The molecule has 0 aromatic heterocycles. The van der Waals surface area contributed by atoms with E-state index >= 15 is 0 Å². The molecule has 0 amide bonds. The molecule has 0 bridgehead atoms. The fraction of sp³-hybridized carbons (Fsp3) is 0.143. The lowest BCUT2D eigenvalue weighted by molar-refractivity contribution is -0.137. The Morgan fingerprint density at radius 3 is 2.20 bits per heavy atom. The lowest BCUT2D eigenvalue weighted by Crippen LogP contribution is -2.33. The molecule has 4 nitrogen and oxygen atoms in total. The minimum absolute atomic E-state index is 0.0414. The highest BCUT2D eigenvalue weighted by Gasteiger charge is 2.34. The number of rotatable bonds is 9. The molecular weight excluding hydrogens is 605 g/mol. The van der Waals surface area contributed by atoms with E-state index in [1.165, 1.54) is 17.7 Å². The number of alkyl halides is 3. The van der Waals surface area contributed by atoms with E-state index in [-0.39, 0.29) is 28.6 Å². The number of anilines is 2. The summed E-state index contributed by atoms with van der Waals surface area (Å²) in [5.74, 6) is 0. The van der Waals surface area contributed by atoms with Crippen molar-refractivity contribution in [1.82, 2.24) is 0 Å². The second kappa shape index (κ2) is 12.0. The highest BCUT2D eigenvalue weighted by atomic mass is 35.5. The molecule has 9 heteroatoms. The van der Waals surface area contributed by atoms with Gasteiger partial charge in [-0.05, 0) is 70.1 Å². The summed E-state index contributed by atoms with van der Waals surface area (Å²) in [5.41, 5.74) is 6.19. The van der Waals surface area contributed by atoms with Crippen LogP contribution >= 0.6 is 11.6 Å². The summed E-state index contributed by atoms with van der Waals surface area (Å²) < 4.78 is 70.1. The number of benzene rings is 5. The van der Waals surface area contributed by atoms with Gasteiger partial charge in [-0.2, -0.15) is 13.2 Å². The van der Waals surface area contributed by atoms with Gasteiger partial charge in [-0.25, -0.2) is 8.42 Å². The highest BCUT2D eigenvalue weighted by molar-refractivity contribution is 7.92. The summed E-state index contributed by atoms with van der Waals surface area (Å²) in [6.07, 6.45) is -3.74. The number of sulfonamides is 1. The Labute approximate surface area is 259 Å². The van der Waals surface area contributed by atoms with Crippen LogP contribution < -0.4 is 9.62 Å². The minimum atomic E-state index is -4.68. The van der Waals surface area contributed by atoms with Crippen LogP contribution in [0.5, 0.6) is 0 Å². The molecule has 6 rings (SSSR count). The fourth-order valence-electron chi connectivity index (χ4n) is 5.67.